The van der Waals surface area contributed by atoms with E-state index in [0.29, 0.717) is 25.3 Å². The molecule has 0 spiro atoms. The van der Waals surface area contributed by atoms with Crippen LogP contribution in [0.5, 0.6) is 0 Å². The molecule has 1 rings (SSSR count). The molecule has 0 atom stereocenters. The minimum Gasteiger partial charge on any atom is -0.469 e. The predicted molar refractivity (Wildman–Crippen MR) is 85.6 cm³/mol. The van der Waals surface area contributed by atoms with Gasteiger partial charge in [-0.15, -0.1) is 12.4 Å². The fraction of sp³-hybridized carbons (Fsp3) is 0.867. The zero-order valence-corrected chi connectivity index (χ0v) is 13.8. The summed E-state index contributed by atoms with van der Waals surface area (Å²) in [6, 6.07) is 0. The second-order valence-electron chi connectivity index (χ2n) is 5.47. The first kappa shape index (κ1) is 20.2. The number of piperidine rings is 1. The first-order chi connectivity index (χ1) is 9.72. The lowest BCUT2D eigenvalue weighted by atomic mass is 9.93. The summed E-state index contributed by atoms with van der Waals surface area (Å²) in [7, 11) is 1.41. The Morgan fingerprint density at radius 1 is 1.14 bits per heavy atom. The molecule has 0 aliphatic carbocycles. The van der Waals surface area contributed by atoms with Gasteiger partial charge < -0.3 is 15.4 Å². The van der Waals surface area contributed by atoms with E-state index in [0.717, 1.165) is 38.8 Å². The third kappa shape index (κ3) is 10.5. The molecule has 6 heteroatoms. The van der Waals surface area contributed by atoms with Crippen molar-refractivity contribution in [2.75, 3.05) is 26.7 Å². The number of hydrogen-bond donors (Lipinski definition) is 2. The quantitative estimate of drug-likeness (QED) is 0.504. The normalized spacial score (nSPS) is 15.1. The van der Waals surface area contributed by atoms with Crippen molar-refractivity contribution < 1.29 is 14.3 Å². The van der Waals surface area contributed by atoms with Crippen molar-refractivity contribution in [2.45, 2.75) is 51.4 Å². The molecule has 0 aromatic rings. The summed E-state index contributed by atoms with van der Waals surface area (Å²) in [5.74, 6) is 0.717. The Morgan fingerprint density at radius 2 is 1.86 bits per heavy atom. The lowest BCUT2D eigenvalue weighted by molar-refractivity contribution is -0.140. The second-order valence-corrected chi connectivity index (χ2v) is 5.47. The molecule has 1 heterocycles. The van der Waals surface area contributed by atoms with Crippen molar-refractivity contribution >= 4 is 24.3 Å². The number of amides is 1. The van der Waals surface area contributed by atoms with Gasteiger partial charge in [0.25, 0.3) is 0 Å². The molecular weight excluding hydrogens is 292 g/mol. The first-order valence-corrected chi connectivity index (χ1v) is 7.76. The second kappa shape index (κ2) is 12.9. The summed E-state index contributed by atoms with van der Waals surface area (Å²) >= 11 is 0. The van der Waals surface area contributed by atoms with Gasteiger partial charge in [-0.3, -0.25) is 9.59 Å². The number of nitrogens with one attached hydrogen (secondary N) is 2. The van der Waals surface area contributed by atoms with Gasteiger partial charge in [-0.1, -0.05) is 6.42 Å². The van der Waals surface area contributed by atoms with Crippen LogP contribution >= 0.6 is 12.4 Å². The molecule has 1 aliphatic heterocycles. The summed E-state index contributed by atoms with van der Waals surface area (Å²) in [5.41, 5.74) is 0. The number of carbonyl (C=O) groups excluding carboxylic acids is 2. The van der Waals surface area contributed by atoms with Crippen LogP contribution in [0, 0.1) is 5.92 Å². The van der Waals surface area contributed by atoms with Crippen LogP contribution in [0.1, 0.15) is 51.4 Å². The standard InChI is InChI=1S/C15H28N2O3.ClH/c1-20-15(19)5-3-2-4-10-17-14(18)7-6-13-8-11-16-12-9-13;/h13,16H,2-12H2,1H3,(H,17,18);1H. The number of ether oxygens (including phenoxy) is 1. The molecule has 0 aromatic carbocycles. The number of unbranched alkanes of at least 4 members (excludes halogenated alkanes) is 2. The van der Waals surface area contributed by atoms with Crippen molar-refractivity contribution in [1.29, 1.82) is 0 Å². The van der Waals surface area contributed by atoms with Crippen LogP contribution in [-0.2, 0) is 14.3 Å². The van der Waals surface area contributed by atoms with Crippen LogP contribution < -0.4 is 10.6 Å². The Kier molecular flexibility index (Phi) is 12.4. The van der Waals surface area contributed by atoms with Gasteiger partial charge in [-0.25, -0.2) is 0 Å². The van der Waals surface area contributed by atoms with Crippen molar-refractivity contribution in [2.24, 2.45) is 5.92 Å². The first-order valence-electron chi connectivity index (χ1n) is 7.76. The third-order valence-electron chi connectivity index (χ3n) is 3.85. The highest BCUT2D eigenvalue weighted by atomic mass is 35.5. The van der Waals surface area contributed by atoms with Gasteiger partial charge in [-0.2, -0.15) is 0 Å². The molecule has 2 N–H and O–H groups in total. The molecule has 5 nitrogen and oxygen atoms in total. The zero-order chi connectivity index (χ0) is 14.6. The van der Waals surface area contributed by atoms with Gasteiger partial charge in [0, 0.05) is 19.4 Å². The van der Waals surface area contributed by atoms with E-state index in [1.807, 2.05) is 0 Å². The van der Waals surface area contributed by atoms with Crippen LogP contribution in [-0.4, -0.2) is 38.6 Å². The van der Waals surface area contributed by atoms with E-state index in [4.69, 9.17) is 0 Å². The van der Waals surface area contributed by atoms with E-state index < -0.39 is 0 Å². The molecule has 0 bridgehead atoms. The molecular formula is C15H29ClN2O3. The minimum absolute atomic E-state index is 0. The fourth-order valence-corrected chi connectivity index (χ4v) is 2.49. The molecule has 124 valence electrons. The number of halogens is 1. The van der Waals surface area contributed by atoms with Crippen LogP contribution in [0.15, 0.2) is 0 Å². The van der Waals surface area contributed by atoms with Gasteiger partial charge >= 0.3 is 5.97 Å². The molecule has 1 aliphatic rings. The molecule has 0 saturated carbocycles. The molecule has 1 amide bonds. The molecule has 0 unspecified atom stereocenters. The zero-order valence-electron chi connectivity index (χ0n) is 13.0. The van der Waals surface area contributed by atoms with Crippen LogP contribution in [0.3, 0.4) is 0 Å². The number of esters is 1. The van der Waals surface area contributed by atoms with E-state index in [1.54, 1.807) is 0 Å². The van der Waals surface area contributed by atoms with E-state index in [9.17, 15) is 9.59 Å². The minimum atomic E-state index is -0.156. The highest BCUT2D eigenvalue weighted by molar-refractivity contribution is 5.85. The third-order valence-corrected chi connectivity index (χ3v) is 3.85. The Labute approximate surface area is 134 Å². The van der Waals surface area contributed by atoms with Crippen LogP contribution in [0.4, 0.5) is 0 Å². The van der Waals surface area contributed by atoms with E-state index in [1.165, 1.54) is 20.0 Å². The largest absolute Gasteiger partial charge is 0.469 e. The maximum atomic E-state index is 11.7. The van der Waals surface area contributed by atoms with Gasteiger partial charge in [-0.05, 0) is 51.1 Å². The maximum absolute atomic E-state index is 11.7. The van der Waals surface area contributed by atoms with Gasteiger partial charge in [0.15, 0.2) is 0 Å². The summed E-state index contributed by atoms with van der Waals surface area (Å²) in [6.45, 7) is 2.89. The lowest BCUT2D eigenvalue weighted by Gasteiger charge is -2.22. The van der Waals surface area contributed by atoms with Crippen molar-refractivity contribution in [3.05, 3.63) is 0 Å². The molecule has 1 fully saturated rings. The molecule has 1 saturated heterocycles. The average Bonchev–Trinajstić information content (AvgIpc) is 2.49. The van der Waals surface area contributed by atoms with E-state index in [-0.39, 0.29) is 24.3 Å². The van der Waals surface area contributed by atoms with E-state index >= 15 is 0 Å². The number of carbonyl (C=O) groups is 2. The number of hydrogen-bond acceptors (Lipinski definition) is 4. The maximum Gasteiger partial charge on any atom is 0.305 e. The van der Waals surface area contributed by atoms with Crippen LogP contribution in [0.25, 0.3) is 0 Å². The van der Waals surface area contributed by atoms with Gasteiger partial charge in [0.2, 0.25) is 5.91 Å². The summed E-state index contributed by atoms with van der Waals surface area (Å²) < 4.78 is 4.57. The SMILES string of the molecule is COC(=O)CCCCCNC(=O)CCC1CCNCC1.Cl. The lowest BCUT2D eigenvalue weighted by Crippen LogP contribution is -2.29. The average molecular weight is 321 g/mol. The monoisotopic (exact) mass is 320 g/mol. The highest BCUT2D eigenvalue weighted by Gasteiger charge is 2.14. The van der Waals surface area contributed by atoms with Crippen molar-refractivity contribution in [3.8, 4) is 0 Å². The highest BCUT2D eigenvalue weighted by Crippen LogP contribution is 2.17. The Bertz CT molecular complexity index is 295. The number of methoxy groups -OCH3 is 1. The van der Waals surface area contributed by atoms with Gasteiger partial charge in [0.1, 0.15) is 0 Å². The summed E-state index contributed by atoms with van der Waals surface area (Å²) in [4.78, 5) is 22.6. The fourth-order valence-electron chi connectivity index (χ4n) is 2.49. The van der Waals surface area contributed by atoms with Crippen LogP contribution in [0.2, 0.25) is 0 Å². The summed E-state index contributed by atoms with van der Waals surface area (Å²) in [5, 5.41) is 6.29. The Hall–Kier alpha value is -0.810. The Balaban J connectivity index is 0.00000400. The van der Waals surface area contributed by atoms with Crippen molar-refractivity contribution in [1.82, 2.24) is 10.6 Å². The molecule has 21 heavy (non-hydrogen) atoms. The Morgan fingerprint density at radius 3 is 2.52 bits per heavy atom. The van der Waals surface area contributed by atoms with Gasteiger partial charge in [0.05, 0.1) is 7.11 Å². The topological polar surface area (TPSA) is 67.4 Å². The van der Waals surface area contributed by atoms with Crippen molar-refractivity contribution in [3.63, 3.8) is 0 Å². The number of rotatable bonds is 9. The predicted octanol–water partition coefficient (Wildman–Crippen LogP) is 2.04. The van der Waals surface area contributed by atoms with E-state index in [2.05, 4.69) is 15.4 Å². The smallest absolute Gasteiger partial charge is 0.305 e. The molecule has 0 aromatic heterocycles. The summed E-state index contributed by atoms with van der Waals surface area (Å²) in [6.07, 6.45) is 7.22. The molecule has 0 radical (unpaired) electrons.